The zero-order valence-electron chi connectivity index (χ0n) is 10.8. The van der Waals surface area contributed by atoms with Gasteiger partial charge in [-0.05, 0) is 24.1 Å². The van der Waals surface area contributed by atoms with E-state index in [0.717, 1.165) is 5.56 Å². The smallest absolute Gasteiger partial charge is 0.308 e. The average Bonchev–Trinajstić information content (AvgIpc) is 2.89. The Morgan fingerprint density at radius 1 is 1.37 bits per heavy atom. The summed E-state index contributed by atoms with van der Waals surface area (Å²) in [6, 6.07) is 7.21. The number of methoxy groups -OCH3 is 1. The van der Waals surface area contributed by atoms with Crippen LogP contribution in [0, 0.1) is 5.92 Å². The Hall–Kier alpha value is -1.88. The summed E-state index contributed by atoms with van der Waals surface area (Å²) in [5.41, 5.74) is 1.59. The second-order valence-electron chi connectivity index (χ2n) is 4.70. The largest absolute Gasteiger partial charge is 0.481 e. The molecule has 1 amide bonds. The molecule has 2 rings (SSSR count). The van der Waals surface area contributed by atoms with Gasteiger partial charge in [0.25, 0.3) is 5.91 Å². The number of carbonyl (C=O) groups excluding carboxylic acids is 1. The number of hydrogen-bond acceptors (Lipinski definition) is 3. The third-order valence-corrected chi connectivity index (χ3v) is 3.34. The summed E-state index contributed by atoms with van der Waals surface area (Å²) in [5, 5.41) is 8.93. The van der Waals surface area contributed by atoms with Crippen LogP contribution < -0.4 is 0 Å². The number of likely N-dealkylation sites (tertiary alicyclic amines) is 1. The minimum atomic E-state index is -0.828. The van der Waals surface area contributed by atoms with Crippen molar-refractivity contribution < 1.29 is 19.4 Å². The fraction of sp³-hybridized carbons (Fsp3) is 0.429. The van der Waals surface area contributed by atoms with Crippen LogP contribution in [0.5, 0.6) is 0 Å². The molecule has 0 spiro atoms. The molecule has 0 bridgehead atoms. The molecule has 1 atom stereocenters. The number of carbonyl (C=O) groups is 2. The first-order chi connectivity index (χ1) is 9.11. The van der Waals surface area contributed by atoms with Crippen molar-refractivity contribution in [3.63, 3.8) is 0 Å². The van der Waals surface area contributed by atoms with Crippen LogP contribution in [0.15, 0.2) is 24.3 Å². The van der Waals surface area contributed by atoms with Crippen LogP contribution in [0.1, 0.15) is 22.3 Å². The molecule has 1 fully saturated rings. The lowest BCUT2D eigenvalue weighted by molar-refractivity contribution is -0.141. The van der Waals surface area contributed by atoms with Crippen molar-refractivity contribution in [2.75, 3.05) is 20.2 Å². The predicted molar refractivity (Wildman–Crippen MR) is 68.8 cm³/mol. The maximum Gasteiger partial charge on any atom is 0.308 e. The Kier molecular flexibility index (Phi) is 4.16. The van der Waals surface area contributed by atoms with Crippen LogP contribution in [0.3, 0.4) is 0 Å². The van der Waals surface area contributed by atoms with E-state index in [1.54, 1.807) is 24.1 Å². The van der Waals surface area contributed by atoms with Crippen molar-refractivity contribution in [3.05, 3.63) is 35.4 Å². The molecule has 5 heteroatoms. The van der Waals surface area contributed by atoms with Crippen LogP contribution >= 0.6 is 0 Å². The van der Waals surface area contributed by atoms with E-state index in [2.05, 4.69) is 0 Å². The number of rotatable bonds is 4. The zero-order chi connectivity index (χ0) is 13.8. The predicted octanol–water partition coefficient (Wildman–Crippen LogP) is 1.38. The summed E-state index contributed by atoms with van der Waals surface area (Å²) >= 11 is 0. The first-order valence-electron chi connectivity index (χ1n) is 6.21. The minimum Gasteiger partial charge on any atom is -0.481 e. The Bertz CT molecular complexity index is 469. The van der Waals surface area contributed by atoms with Crippen LogP contribution in [-0.2, 0) is 16.1 Å². The lowest BCUT2D eigenvalue weighted by Crippen LogP contribution is -2.29. The fourth-order valence-electron chi connectivity index (χ4n) is 2.24. The molecule has 1 unspecified atom stereocenters. The SMILES string of the molecule is COCc1ccc(C(=O)N2CCC(C(=O)O)C2)cc1. The van der Waals surface area contributed by atoms with Gasteiger partial charge in [0.05, 0.1) is 12.5 Å². The third-order valence-electron chi connectivity index (χ3n) is 3.34. The molecule has 19 heavy (non-hydrogen) atoms. The average molecular weight is 263 g/mol. The first-order valence-corrected chi connectivity index (χ1v) is 6.21. The number of amides is 1. The van der Waals surface area contributed by atoms with Gasteiger partial charge in [0, 0.05) is 25.8 Å². The molecule has 0 aromatic heterocycles. The lowest BCUT2D eigenvalue weighted by atomic mass is 10.1. The van der Waals surface area contributed by atoms with E-state index in [0.29, 0.717) is 31.7 Å². The van der Waals surface area contributed by atoms with Crippen molar-refractivity contribution in [1.82, 2.24) is 4.90 Å². The van der Waals surface area contributed by atoms with Crippen molar-refractivity contribution in [2.24, 2.45) is 5.92 Å². The first kappa shape index (κ1) is 13.5. The number of hydrogen-bond donors (Lipinski definition) is 1. The van der Waals surface area contributed by atoms with Gasteiger partial charge in [-0.3, -0.25) is 9.59 Å². The number of ether oxygens (including phenoxy) is 1. The van der Waals surface area contributed by atoms with Crippen molar-refractivity contribution in [2.45, 2.75) is 13.0 Å². The van der Waals surface area contributed by atoms with Crippen LogP contribution in [0.2, 0.25) is 0 Å². The monoisotopic (exact) mass is 263 g/mol. The van der Waals surface area contributed by atoms with Gasteiger partial charge in [0.15, 0.2) is 0 Å². The Labute approximate surface area is 111 Å². The van der Waals surface area contributed by atoms with Crippen LogP contribution in [0.25, 0.3) is 0 Å². The molecule has 1 aliphatic heterocycles. The summed E-state index contributed by atoms with van der Waals surface area (Å²) in [4.78, 5) is 24.7. The zero-order valence-corrected chi connectivity index (χ0v) is 10.8. The molecule has 1 saturated heterocycles. The van der Waals surface area contributed by atoms with Gasteiger partial charge in [0.2, 0.25) is 0 Å². The van der Waals surface area contributed by atoms with Gasteiger partial charge in [-0.2, -0.15) is 0 Å². The molecule has 102 valence electrons. The van der Waals surface area contributed by atoms with Crippen LogP contribution in [-0.4, -0.2) is 42.1 Å². The minimum absolute atomic E-state index is 0.104. The molecular formula is C14H17NO4. The van der Waals surface area contributed by atoms with E-state index in [4.69, 9.17) is 9.84 Å². The van der Waals surface area contributed by atoms with E-state index >= 15 is 0 Å². The number of carboxylic acid groups (broad SMARTS) is 1. The summed E-state index contributed by atoms with van der Waals surface area (Å²) in [5.74, 6) is -1.37. The second-order valence-corrected chi connectivity index (χ2v) is 4.70. The van der Waals surface area contributed by atoms with E-state index < -0.39 is 11.9 Å². The number of nitrogens with zero attached hydrogens (tertiary/aromatic N) is 1. The van der Waals surface area contributed by atoms with Gasteiger partial charge in [-0.15, -0.1) is 0 Å². The fourth-order valence-corrected chi connectivity index (χ4v) is 2.24. The molecule has 1 aromatic rings. The molecular weight excluding hydrogens is 246 g/mol. The number of aliphatic carboxylic acids is 1. The molecule has 5 nitrogen and oxygen atoms in total. The maximum absolute atomic E-state index is 12.2. The van der Waals surface area contributed by atoms with Gasteiger partial charge in [-0.1, -0.05) is 12.1 Å². The van der Waals surface area contributed by atoms with E-state index in [1.165, 1.54) is 0 Å². The number of benzene rings is 1. The molecule has 1 heterocycles. The van der Waals surface area contributed by atoms with E-state index in [9.17, 15) is 9.59 Å². The van der Waals surface area contributed by atoms with E-state index in [-0.39, 0.29) is 5.91 Å². The molecule has 0 saturated carbocycles. The second kappa shape index (κ2) is 5.84. The molecule has 1 aliphatic rings. The highest BCUT2D eigenvalue weighted by Gasteiger charge is 2.31. The molecule has 0 radical (unpaired) electrons. The maximum atomic E-state index is 12.2. The summed E-state index contributed by atoms with van der Waals surface area (Å²) in [6.45, 7) is 1.32. The normalized spacial score (nSPS) is 18.6. The summed E-state index contributed by atoms with van der Waals surface area (Å²) in [6.07, 6.45) is 0.531. The Morgan fingerprint density at radius 3 is 2.58 bits per heavy atom. The highest BCUT2D eigenvalue weighted by molar-refractivity contribution is 5.94. The highest BCUT2D eigenvalue weighted by atomic mass is 16.5. The molecule has 0 aliphatic carbocycles. The van der Waals surface area contributed by atoms with Crippen LogP contribution in [0.4, 0.5) is 0 Å². The van der Waals surface area contributed by atoms with Crippen molar-refractivity contribution >= 4 is 11.9 Å². The summed E-state index contributed by atoms with van der Waals surface area (Å²) in [7, 11) is 1.62. The van der Waals surface area contributed by atoms with Crippen molar-refractivity contribution in [3.8, 4) is 0 Å². The standard InChI is InChI=1S/C14H17NO4/c1-19-9-10-2-4-11(5-3-10)13(16)15-7-6-12(8-15)14(17)18/h2-5,12H,6-9H2,1H3,(H,17,18). The Morgan fingerprint density at radius 2 is 2.05 bits per heavy atom. The Balaban J connectivity index is 2.02. The van der Waals surface area contributed by atoms with Gasteiger partial charge >= 0.3 is 5.97 Å². The van der Waals surface area contributed by atoms with Gasteiger partial charge in [-0.25, -0.2) is 0 Å². The lowest BCUT2D eigenvalue weighted by Gasteiger charge is -2.16. The van der Waals surface area contributed by atoms with E-state index in [1.807, 2.05) is 12.1 Å². The molecule has 1 aromatic carbocycles. The topological polar surface area (TPSA) is 66.8 Å². The van der Waals surface area contributed by atoms with Gasteiger partial charge in [0.1, 0.15) is 0 Å². The number of carboxylic acids is 1. The molecule has 1 N–H and O–H groups in total. The van der Waals surface area contributed by atoms with Gasteiger partial charge < -0.3 is 14.7 Å². The highest BCUT2D eigenvalue weighted by Crippen LogP contribution is 2.19. The third kappa shape index (κ3) is 3.12. The summed E-state index contributed by atoms with van der Waals surface area (Å²) < 4.78 is 5.01. The quantitative estimate of drug-likeness (QED) is 0.891. The van der Waals surface area contributed by atoms with Crippen molar-refractivity contribution in [1.29, 1.82) is 0 Å².